The van der Waals surface area contributed by atoms with E-state index in [4.69, 9.17) is 21.3 Å². The SMILES string of the molecule is C=CCc1cc(Nc2c3ccc(Cl)cc3nc3ccc(OC)cc23)cc(CN(CC)CC)c1O.Cl. The summed E-state index contributed by atoms with van der Waals surface area (Å²) in [6.07, 6.45) is 2.39. The zero-order valence-corrected chi connectivity index (χ0v) is 21.8. The van der Waals surface area contributed by atoms with Gasteiger partial charge in [0.1, 0.15) is 11.5 Å². The number of allylic oxidation sites excluding steroid dienone is 1. The lowest BCUT2D eigenvalue weighted by Crippen LogP contribution is -2.22. The van der Waals surface area contributed by atoms with Crippen molar-refractivity contribution in [2.45, 2.75) is 26.8 Å². The number of pyridine rings is 1. The number of hydrogen-bond acceptors (Lipinski definition) is 5. The molecule has 184 valence electrons. The van der Waals surface area contributed by atoms with Gasteiger partial charge in [0.05, 0.1) is 23.8 Å². The Morgan fingerprint density at radius 3 is 2.46 bits per heavy atom. The number of benzene rings is 3. The standard InChI is InChI=1S/C28H30ClN3O2.ClH/c1-5-8-18-13-21(14-19(28(18)33)17-32(6-2)7-3)30-27-23-11-9-20(29)15-26(23)31-25-12-10-22(34-4)16-24(25)27;/h5,9-16,33H,1,6-8,17H2,2-4H3,(H,30,31);1H. The molecule has 2 N–H and O–H groups in total. The number of aromatic nitrogens is 1. The molecule has 0 saturated carbocycles. The summed E-state index contributed by atoms with van der Waals surface area (Å²) in [4.78, 5) is 7.09. The Kier molecular flexibility index (Phi) is 8.84. The van der Waals surface area contributed by atoms with Gasteiger partial charge in [-0.2, -0.15) is 0 Å². The summed E-state index contributed by atoms with van der Waals surface area (Å²) < 4.78 is 5.49. The first kappa shape index (κ1) is 26.6. The van der Waals surface area contributed by atoms with Crippen molar-refractivity contribution in [2.24, 2.45) is 0 Å². The molecule has 0 aliphatic carbocycles. The van der Waals surface area contributed by atoms with Crippen molar-refractivity contribution in [2.75, 3.05) is 25.5 Å². The predicted molar refractivity (Wildman–Crippen MR) is 150 cm³/mol. The zero-order chi connectivity index (χ0) is 24.2. The number of nitrogens with zero attached hydrogens (tertiary/aromatic N) is 2. The Labute approximate surface area is 217 Å². The molecule has 1 heterocycles. The molecule has 3 aromatic carbocycles. The van der Waals surface area contributed by atoms with E-state index in [2.05, 4.69) is 30.6 Å². The molecule has 1 aromatic heterocycles. The first-order valence-corrected chi connectivity index (χ1v) is 11.9. The van der Waals surface area contributed by atoms with E-state index in [1.165, 1.54) is 0 Å². The number of ether oxygens (including phenoxy) is 1. The van der Waals surface area contributed by atoms with Crippen LogP contribution in [-0.4, -0.2) is 35.2 Å². The van der Waals surface area contributed by atoms with Crippen LogP contribution in [0.5, 0.6) is 11.5 Å². The summed E-state index contributed by atoms with van der Waals surface area (Å²) >= 11 is 6.28. The van der Waals surface area contributed by atoms with E-state index in [0.29, 0.717) is 23.7 Å². The predicted octanol–water partition coefficient (Wildman–Crippen LogP) is 7.49. The van der Waals surface area contributed by atoms with Crippen molar-refractivity contribution >= 4 is 57.2 Å². The highest BCUT2D eigenvalue weighted by atomic mass is 35.5. The number of aromatic hydroxyl groups is 1. The molecule has 0 bridgehead atoms. The summed E-state index contributed by atoms with van der Waals surface area (Å²) in [6.45, 7) is 10.6. The van der Waals surface area contributed by atoms with Crippen molar-refractivity contribution in [1.29, 1.82) is 0 Å². The van der Waals surface area contributed by atoms with E-state index in [0.717, 1.165) is 63.1 Å². The smallest absolute Gasteiger partial charge is 0.123 e. The van der Waals surface area contributed by atoms with Gasteiger partial charge in [-0.25, -0.2) is 4.98 Å². The monoisotopic (exact) mass is 511 g/mol. The molecular weight excluding hydrogens is 481 g/mol. The van der Waals surface area contributed by atoms with Crippen LogP contribution in [0.3, 0.4) is 0 Å². The molecule has 4 aromatic rings. The second kappa shape index (κ2) is 11.6. The first-order chi connectivity index (χ1) is 16.5. The second-order valence-electron chi connectivity index (χ2n) is 8.25. The number of fused-ring (bicyclic) bond motifs is 2. The Morgan fingerprint density at radius 1 is 1.03 bits per heavy atom. The van der Waals surface area contributed by atoms with Crippen LogP contribution in [0.2, 0.25) is 5.02 Å². The third-order valence-electron chi connectivity index (χ3n) is 6.13. The third kappa shape index (κ3) is 5.64. The van der Waals surface area contributed by atoms with E-state index in [9.17, 15) is 5.11 Å². The Morgan fingerprint density at radius 2 is 1.77 bits per heavy atom. The van der Waals surface area contributed by atoms with E-state index < -0.39 is 0 Å². The molecule has 0 aliphatic heterocycles. The molecule has 0 fully saturated rings. The highest BCUT2D eigenvalue weighted by molar-refractivity contribution is 6.31. The number of rotatable bonds is 9. The van der Waals surface area contributed by atoms with Crippen LogP contribution >= 0.6 is 24.0 Å². The highest BCUT2D eigenvalue weighted by Crippen LogP contribution is 2.38. The minimum atomic E-state index is 0. The number of methoxy groups -OCH3 is 1. The summed E-state index contributed by atoms with van der Waals surface area (Å²) in [5.41, 5.74) is 5.18. The van der Waals surface area contributed by atoms with Gasteiger partial charge in [0.2, 0.25) is 0 Å². The molecule has 4 rings (SSSR count). The lowest BCUT2D eigenvalue weighted by atomic mass is 10.0. The fourth-order valence-corrected chi connectivity index (χ4v) is 4.42. The quantitative estimate of drug-likeness (QED) is 0.138. The number of nitrogens with one attached hydrogen (secondary N) is 1. The van der Waals surface area contributed by atoms with Crippen LogP contribution in [0, 0.1) is 0 Å². The van der Waals surface area contributed by atoms with Crippen LogP contribution in [-0.2, 0) is 13.0 Å². The fraction of sp³-hybridized carbons (Fsp3) is 0.250. The summed E-state index contributed by atoms with van der Waals surface area (Å²) in [6, 6.07) is 15.6. The minimum absolute atomic E-state index is 0. The molecule has 0 saturated heterocycles. The van der Waals surface area contributed by atoms with Crippen LogP contribution in [0.25, 0.3) is 21.8 Å². The van der Waals surface area contributed by atoms with Crippen molar-refractivity contribution in [3.05, 3.63) is 77.3 Å². The fourth-order valence-electron chi connectivity index (χ4n) is 4.25. The van der Waals surface area contributed by atoms with Gasteiger partial charge < -0.3 is 15.2 Å². The highest BCUT2D eigenvalue weighted by Gasteiger charge is 2.15. The molecule has 5 nitrogen and oxygen atoms in total. The van der Waals surface area contributed by atoms with Gasteiger partial charge in [-0.05, 0) is 68.0 Å². The van der Waals surface area contributed by atoms with Gasteiger partial charge in [0.15, 0.2) is 0 Å². The zero-order valence-electron chi connectivity index (χ0n) is 20.3. The normalized spacial score (nSPS) is 11.0. The Bertz CT molecular complexity index is 1350. The second-order valence-corrected chi connectivity index (χ2v) is 8.69. The number of anilines is 2. The summed E-state index contributed by atoms with van der Waals surface area (Å²) in [5, 5.41) is 17.1. The lowest BCUT2D eigenvalue weighted by Gasteiger charge is -2.21. The summed E-state index contributed by atoms with van der Waals surface area (Å²) in [5.74, 6) is 1.08. The van der Waals surface area contributed by atoms with E-state index >= 15 is 0 Å². The van der Waals surface area contributed by atoms with Crippen LogP contribution in [0.4, 0.5) is 11.4 Å². The van der Waals surface area contributed by atoms with E-state index in [1.54, 1.807) is 7.11 Å². The van der Waals surface area contributed by atoms with Gasteiger partial charge >= 0.3 is 0 Å². The molecule has 0 aliphatic rings. The molecule has 0 spiro atoms. The number of hydrogen-bond donors (Lipinski definition) is 2. The number of halogens is 2. The maximum Gasteiger partial charge on any atom is 0.123 e. The molecule has 0 atom stereocenters. The number of phenolic OH excluding ortho intramolecular Hbond substituents is 1. The number of phenols is 1. The average Bonchev–Trinajstić information content (AvgIpc) is 2.84. The van der Waals surface area contributed by atoms with Gasteiger partial charge in [0, 0.05) is 39.2 Å². The third-order valence-corrected chi connectivity index (χ3v) is 6.37. The minimum Gasteiger partial charge on any atom is -0.507 e. The van der Waals surface area contributed by atoms with Gasteiger partial charge in [-0.15, -0.1) is 19.0 Å². The Hall–Kier alpha value is -2.99. The molecule has 0 amide bonds. The molecule has 0 unspecified atom stereocenters. The van der Waals surface area contributed by atoms with Crippen LogP contribution in [0.1, 0.15) is 25.0 Å². The molecule has 0 radical (unpaired) electrons. The average molecular weight is 512 g/mol. The van der Waals surface area contributed by atoms with Gasteiger partial charge in [0.25, 0.3) is 0 Å². The molecule has 7 heteroatoms. The Balaban J connectivity index is 0.00000342. The van der Waals surface area contributed by atoms with Crippen molar-refractivity contribution < 1.29 is 9.84 Å². The van der Waals surface area contributed by atoms with E-state index in [-0.39, 0.29) is 12.4 Å². The van der Waals surface area contributed by atoms with Gasteiger partial charge in [-0.3, -0.25) is 4.90 Å². The first-order valence-electron chi connectivity index (χ1n) is 11.5. The maximum absolute atomic E-state index is 10.9. The van der Waals surface area contributed by atoms with Gasteiger partial charge in [-0.1, -0.05) is 31.5 Å². The maximum atomic E-state index is 10.9. The lowest BCUT2D eigenvalue weighted by molar-refractivity contribution is 0.290. The summed E-state index contributed by atoms with van der Waals surface area (Å²) in [7, 11) is 1.66. The van der Waals surface area contributed by atoms with Crippen molar-refractivity contribution in [1.82, 2.24) is 9.88 Å². The largest absolute Gasteiger partial charge is 0.507 e. The molecular formula is C28H31Cl2N3O2. The van der Waals surface area contributed by atoms with E-state index in [1.807, 2.05) is 54.6 Å². The van der Waals surface area contributed by atoms with Crippen LogP contribution in [0.15, 0.2) is 61.2 Å². The van der Waals surface area contributed by atoms with Crippen LogP contribution < -0.4 is 10.1 Å². The van der Waals surface area contributed by atoms with Crippen molar-refractivity contribution in [3.63, 3.8) is 0 Å². The molecule has 35 heavy (non-hydrogen) atoms. The van der Waals surface area contributed by atoms with Crippen molar-refractivity contribution in [3.8, 4) is 11.5 Å². The topological polar surface area (TPSA) is 57.6 Å².